The zero-order chi connectivity index (χ0) is 14.7. The molecule has 0 aromatic carbocycles. The van der Waals surface area contributed by atoms with Gasteiger partial charge in [-0.1, -0.05) is 27.7 Å². The molecule has 0 radical (unpaired) electrons. The summed E-state index contributed by atoms with van der Waals surface area (Å²) in [5.74, 6) is 0.358. The van der Waals surface area contributed by atoms with Crippen LogP contribution in [0.2, 0.25) is 0 Å². The number of carbonyl (C=O) groups excluding carboxylic acids is 1. The molecule has 0 aromatic rings. The van der Waals surface area contributed by atoms with E-state index >= 15 is 0 Å². The van der Waals surface area contributed by atoms with Crippen molar-refractivity contribution in [2.75, 3.05) is 45.8 Å². The van der Waals surface area contributed by atoms with E-state index in [1.165, 1.54) is 0 Å². The lowest BCUT2D eigenvalue weighted by atomic mass is 10.1. The van der Waals surface area contributed by atoms with Crippen LogP contribution in [0.3, 0.4) is 0 Å². The van der Waals surface area contributed by atoms with Crippen LogP contribution in [0.1, 0.15) is 41.0 Å². The van der Waals surface area contributed by atoms with E-state index in [-0.39, 0.29) is 11.8 Å². The summed E-state index contributed by atoms with van der Waals surface area (Å²) in [4.78, 5) is 16.7. The van der Waals surface area contributed by atoms with Crippen molar-refractivity contribution in [3.05, 3.63) is 0 Å². The van der Waals surface area contributed by atoms with Gasteiger partial charge in [0.05, 0.1) is 0 Å². The van der Waals surface area contributed by atoms with Crippen LogP contribution in [0, 0.1) is 5.92 Å². The number of carbonyl (C=O) groups is 1. The third kappa shape index (κ3) is 7.53. The molecule has 1 unspecified atom stereocenters. The molecule has 114 valence electrons. The standard InChI is InChI=1S/C15H33N3O/c1-6-16-13-14(5)15(19)18(9-4)12-10-11-17(7-2)8-3/h14,16H,6-13H2,1-5H3. The molecule has 0 aliphatic heterocycles. The molecule has 0 heterocycles. The molecule has 0 saturated heterocycles. The Hall–Kier alpha value is -0.610. The minimum absolute atomic E-state index is 0.0772. The van der Waals surface area contributed by atoms with Crippen molar-refractivity contribution in [1.29, 1.82) is 0 Å². The maximum Gasteiger partial charge on any atom is 0.226 e. The Morgan fingerprint density at radius 2 is 1.68 bits per heavy atom. The normalized spacial score (nSPS) is 12.7. The van der Waals surface area contributed by atoms with Crippen molar-refractivity contribution < 1.29 is 4.79 Å². The molecule has 0 fully saturated rings. The van der Waals surface area contributed by atoms with Crippen LogP contribution in [0.25, 0.3) is 0 Å². The van der Waals surface area contributed by atoms with Gasteiger partial charge in [0.25, 0.3) is 0 Å². The van der Waals surface area contributed by atoms with Crippen molar-refractivity contribution in [2.45, 2.75) is 41.0 Å². The first-order valence-corrected chi connectivity index (χ1v) is 7.82. The number of hydrogen-bond donors (Lipinski definition) is 1. The van der Waals surface area contributed by atoms with E-state index in [4.69, 9.17) is 0 Å². The molecule has 0 aromatic heterocycles. The average molecular weight is 271 g/mol. The summed E-state index contributed by atoms with van der Waals surface area (Å²) in [5.41, 5.74) is 0. The molecule has 0 rings (SSSR count). The van der Waals surface area contributed by atoms with E-state index in [9.17, 15) is 4.79 Å². The van der Waals surface area contributed by atoms with Crippen LogP contribution in [-0.4, -0.2) is 61.5 Å². The maximum atomic E-state index is 12.3. The number of nitrogens with one attached hydrogen (secondary N) is 1. The summed E-state index contributed by atoms with van der Waals surface area (Å²) in [7, 11) is 0. The van der Waals surface area contributed by atoms with Crippen molar-refractivity contribution >= 4 is 5.91 Å². The van der Waals surface area contributed by atoms with Gasteiger partial charge in [-0.25, -0.2) is 0 Å². The molecular weight excluding hydrogens is 238 g/mol. The highest BCUT2D eigenvalue weighted by Gasteiger charge is 2.18. The molecule has 1 N–H and O–H groups in total. The molecule has 0 aliphatic carbocycles. The summed E-state index contributed by atoms with van der Waals surface area (Å²) >= 11 is 0. The van der Waals surface area contributed by atoms with Crippen molar-refractivity contribution in [3.63, 3.8) is 0 Å². The quantitative estimate of drug-likeness (QED) is 0.622. The number of hydrogen-bond acceptors (Lipinski definition) is 3. The van der Waals surface area contributed by atoms with Gasteiger partial charge < -0.3 is 15.1 Å². The lowest BCUT2D eigenvalue weighted by molar-refractivity contribution is -0.134. The Morgan fingerprint density at radius 1 is 1.05 bits per heavy atom. The van der Waals surface area contributed by atoms with E-state index < -0.39 is 0 Å². The van der Waals surface area contributed by atoms with Gasteiger partial charge in [-0.2, -0.15) is 0 Å². The first-order valence-electron chi connectivity index (χ1n) is 7.82. The summed E-state index contributed by atoms with van der Waals surface area (Å²) in [5, 5.41) is 3.24. The lowest BCUT2D eigenvalue weighted by Crippen LogP contribution is -2.40. The monoisotopic (exact) mass is 271 g/mol. The predicted molar refractivity (Wildman–Crippen MR) is 82.4 cm³/mol. The molecule has 0 saturated carbocycles. The molecule has 0 bridgehead atoms. The Bertz CT molecular complexity index is 229. The second-order valence-corrected chi connectivity index (χ2v) is 5.01. The van der Waals surface area contributed by atoms with E-state index in [0.717, 1.165) is 52.2 Å². The highest BCUT2D eigenvalue weighted by atomic mass is 16.2. The van der Waals surface area contributed by atoms with E-state index in [1.807, 2.05) is 11.8 Å². The Labute approximate surface area is 119 Å². The van der Waals surface area contributed by atoms with Crippen LogP contribution in [-0.2, 0) is 4.79 Å². The van der Waals surface area contributed by atoms with E-state index in [2.05, 4.69) is 37.9 Å². The molecule has 0 spiro atoms. The molecule has 1 amide bonds. The fourth-order valence-corrected chi connectivity index (χ4v) is 2.21. The van der Waals surface area contributed by atoms with Gasteiger partial charge in [0.15, 0.2) is 0 Å². The first kappa shape index (κ1) is 18.4. The van der Waals surface area contributed by atoms with Gasteiger partial charge in [-0.3, -0.25) is 4.79 Å². The van der Waals surface area contributed by atoms with Crippen LogP contribution < -0.4 is 5.32 Å². The molecular formula is C15H33N3O. The summed E-state index contributed by atoms with van der Waals surface area (Å²) in [6.07, 6.45) is 1.06. The second kappa shape index (κ2) is 11.2. The van der Waals surface area contributed by atoms with Gasteiger partial charge in [0.1, 0.15) is 0 Å². The number of rotatable bonds is 11. The van der Waals surface area contributed by atoms with Crippen LogP contribution >= 0.6 is 0 Å². The zero-order valence-corrected chi connectivity index (χ0v) is 13.5. The van der Waals surface area contributed by atoms with Gasteiger partial charge >= 0.3 is 0 Å². The van der Waals surface area contributed by atoms with Gasteiger partial charge in [-0.05, 0) is 39.5 Å². The van der Waals surface area contributed by atoms with E-state index in [0.29, 0.717) is 0 Å². The highest BCUT2D eigenvalue weighted by molar-refractivity contribution is 5.78. The lowest BCUT2D eigenvalue weighted by Gasteiger charge is -2.26. The van der Waals surface area contributed by atoms with Gasteiger partial charge in [-0.15, -0.1) is 0 Å². The van der Waals surface area contributed by atoms with Crippen LogP contribution in [0.4, 0.5) is 0 Å². The first-order chi connectivity index (χ1) is 9.10. The molecule has 4 nitrogen and oxygen atoms in total. The molecule has 19 heavy (non-hydrogen) atoms. The second-order valence-electron chi connectivity index (χ2n) is 5.01. The zero-order valence-electron chi connectivity index (χ0n) is 13.5. The third-order valence-corrected chi connectivity index (χ3v) is 3.61. The highest BCUT2D eigenvalue weighted by Crippen LogP contribution is 2.03. The minimum Gasteiger partial charge on any atom is -0.343 e. The summed E-state index contributed by atoms with van der Waals surface area (Å²) in [6, 6.07) is 0. The predicted octanol–water partition coefficient (Wildman–Crippen LogP) is 1.81. The minimum atomic E-state index is 0.0772. The van der Waals surface area contributed by atoms with Crippen molar-refractivity contribution in [1.82, 2.24) is 15.1 Å². The SMILES string of the molecule is CCNCC(C)C(=O)N(CC)CCCN(CC)CC. The number of amides is 1. The van der Waals surface area contributed by atoms with Gasteiger partial charge in [0.2, 0.25) is 5.91 Å². The Morgan fingerprint density at radius 3 is 2.16 bits per heavy atom. The van der Waals surface area contributed by atoms with Crippen LogP contribution in [0.15, 0.2) is 0 Å². The smallest absolute Gasteiger partial charge is 0.226 e. The average Bonchev–Trinajstić information content (AvgIpc) is 2.44. The van der Waals surface area contributed by atoms with Gasteiger partial charge in [0, 0.05) is 25.6 Å². The fraction of sp³-hybridized carbons (Fsp3) is 0.933. The molecule has 1 atom stereocenters. The van der Waals surface area contributed by atoms with Crippen LogP contribution in [0.5, 0.6) is 0 Å². The molecule has 0 aliphatic rings. The topological polar surface area (TPSA) is 35.6 Å². The summed E-state index contributed by atoms with van der Waals surface area (Å²) in [6.45, 7) is 17.2. The van der Waals surface area contributed by atoms with E-state index in [1.54, 1.807) is 0 Å². The Kier molecular flexibility index (Phi) is 10.9. The van der Waals surface area contributed by atoms with Crippen molar-refractivity contribution in [3.8, 4) is 0 Å². The Balaban J connectivity index is 4.07. The number of nitrogens with zero attached hydrogens (tertiary/aromatic N) is 2. The fourth-order valence-electron chi connectivity index (χ4n) is 2.21. The summed E-state index contributed by atoms with van der Waals surface area (Å²) < 4.78 is 0. The van der Waals surface area contributed by atoms with Crippen molar-refractivity contribution in [2.24, 2.45) is 5.92 Å². The largest absolute Gasteiger partial charge is 0.343 e. The maximum absolute atomic E-state index is 12.3. The third-order valence-electron chi connectivity index (χ3n) is 3.61. The molecule has 4 heteroatoms.